The first-order chi connectivity index (χ1) is 5.41. The third kappa shape index (κ3) is 1.78. The molecule has 0 aliphatic rings. The van der Waals surface area contributed by atoms with E-state index in [9.17, 15) is 0 Å². The number of hydrogen-bond donors (Lipinski definition) is 1. The Hall–Kier alpha value is -0.990. The van der Waals surface area contributed by atoms with Gasteiger partial charge in [0.2, 0.25) is 0 Å². The highest BCUT2D eigenvalue weighted by Crippen LogP contribution is 2.29. The number of aromatic hydroxyl groups is 1. The summed E-state index contributed by atoms with van der Waals surface area (Å²) in [5.74, 6) is 0.228. The van der Waals surface area contributed by atoms with Crippen LogP contribution in [0.3, 0.4) is 0 Å². The van der Waals surface area contributed by atoms with E-state index in [0.717, 1.165) is 0 Å². The highest BCUT2D eigenvalue weighted by atomic mass is 16.3. The predicted molar refractivity (Wildman–Crippen MR) is 48.1 cm³/mol. The van der Waals surface area contributed by atoms with E-state index >= 15 is 0 Å². The summed E-state index contributed by atoms with van der Waals surface area (Å²) in [6.07, 6.45) is 3.11. The molecule has 0 amide bonds. The summed E-state index contributed by atoms with van der Waals surface area (Å²) < 4.78 is 1.79. The van der Waals surface area contributed by atoms with E-state index < -0.39 is 0 Å². The summed E-state index contributed by atoms with van der Waals surface area (Å²) in [6.45, 7) is 8.54. The Morgan fingerprint density at radius 2 is 2.08 bits per heavy atom. The van der Waals surface area contributed by atoms with E-state index in [1.54, 1.807) is 10.9 Å². The number of aromatic nitrogens is 2. The van der Waals surface area contributed by atoms with Gasteiger partial charge in [-0.3, -0.25) is 4.68 Å². The number of nitrogens with zero attached hydrogens (tertiary/aromatic N) is 2. The van der Waals surface area contributed by atoms with E-state index in [-0.39, 0.29) is 11.2 Å². The molecule has 1 rings (SSSR count). The third-order valence-electron chi connectivity index (χ3n) is 2.24. The maximum absolute atomic E-state index is 9.08. The zero-order valence-corrected chi connectivity index (χ0v) is 8.07. The lowest BCUT2D eigenvalue weighted by Crippen LogP contribution is -2.21. The van der Waals surface area contributed by atoms with Gasteiger partial charge in [-0.2, -0.15) is 5.10 Å². The van der Waals surface area contributed by atoms with Crippen LogP contribution in [0.25, 0.3) is 0 Å². The second-order valence-electron chi connectivity index (χ2n) is 4.22. The van der Waals surface area contributed by atoms with Crippen LogP contribution in [0.15, 0.2) is 12.4 Å². The van der Waals surface area contributed by atoms with Crippen molar-refractivity contribution in [2.45, 2.75) is 33.7 Å². The van der Waals surface area contributed by atoms with Gasteiger partial charge >= 0.3 is 0 Å². The van der Waals surface area contributed by atoms with Crippen molar-refractivity contribution in [3.8, 4) is 5.75 Å². The van der Waals surface area contributed by atoms with Crippen LogP contribution in [0, 0.1) is 5.41 Å². The Kier molecular flexibility index (Phi) is 2.13. The minimum atomic E-state index is 0.165. The fraction of sp³-hybridized carbons (Fsp3) is 0.667. The van der Waals surface area contributed by atoms with Crippen LogP contribution in [0.2, 0.25) is 0 Å². The molecule has 0 fully saturated rings. The third-order valence-corrected chi connectivity index (χ3v) is 2.24. The van der Waals surface area contributed by atoms with Crippen LogP contribution in [0.4, 0.5) is 0 Å². The van der Waals surface area contributed by atoms with Gasteiger partial charge in [-0.25, -0.2) is 0 Å². The average molecular weight is 168 g/mol. The van der Waals surface area contributed by atoms with Gasteiger partial charge in [-0.05, 0) is 12.3 Å². The summed E-state index contributed by atoms with van der Waals surface area (Å²) in [4.78, 5) is 0. The molecule has 3 nitrogen and oxygen atoms in total. The van der Waals surface area contributed by atoms with E-state index in [0.29, 0.717) is 6.04 Å². The molecule has 68 valence electrons. The van der Waals surface area contributed by atoms with Crippen molar-refractivity contribution < 1.29 is 5.11 Å². The second-order valence-corrected chi connectivity index (χ2v) is 4.22. The zero-order chi connectivity index (χ0) is 9.35. The molecule has 0 aliphatic carbocycles. The van der Waals surface area contributed by atoms with Crippen molar-refractivity contribution in [2.24, 2.45) is 5.41 Å². The van der Waals surface area contributed by atoms with Crippen molar-refractivity contribution in [2.75, 3.05) is 0 Å². The molecule has 0 aliphatic heterocycles. The summed E-state index contributed by atoms with van der Waals surface area (Å²) in [7, 11) is 0. The Morgan fingerprint density at radius 1 is 1.50 bits per heavy atom. The van der Waals surface area contributed by atoms with Gasteiger partial charge in [0.05, 0.1) is 18.4 Å². The molecular formula is C9H16N2O. The molecular weight excluding hydrogens is 152 g/mol. The second kappa shape index (κ2) is 2.81. The summed E-state index contributed by atoms with van der Waals surface area (Å²) in [5.41, 5.74) is 0.165. The molecule has 0 spiro atoms. The number of hydrogen-bond acceptors (Lipinski definition) is 2. The van der Waals surface area contributed by atoms with E-state index in [2.05, 4.69) is 32.8 Å². The fourth-order valence-electron chi connectivity index (χ4n) is 0.937. The molecule has 3 heteroatoms. The van der Waals surface area contributed by atoms with Crippen molar-refractivity contribution in [3.05, 3.63) is 12.4 Å². The van der Waals surface area contributed by atoms with Gasteiger partial charge < -0.3 is 5.11 Å². The summed E-state index contributed by atoms with van der Waals surface area (Å²) in [6, 6.07) is 0.290. The predicted octanol–water partition coefficient (Wildman–Crippen LogP) is 2.20. The molecule has 1 atom stereocenters. The Morgan fingerprint density at radius 3 is 2.42 bits per heavy atom. The average Bonchev–Trinajstić information content (AvgIpc) is 2.32. The van der Waals surface area contributed by atoms with Crippen LogP contribution >= 0.6 is 0 Å². The summed E-state index contributed by atoms with van der Waals surface area (Å²) in [5, 5.41) is 13.1. The highest BCUT2D eigenvalue weighted by Gasteiger charge is 2.22. The van der Waals surface area contributed by atoms with Gasteiger partial charge in [0.1, 0.15) is 0 Å². The van der Waals surface area contributed by atoms with E-state index in [4.69, 9.17) is 5.11 Å². The molecule has 1 heterocycles. The van der Waals surface area contributed by atoms with Crippen LogP contribution in [-0.4, -0.2) is 14.9 Å². The van der Waals surface area contributed by atoms with Crippen LogP contribution < -0.4 is 0 Å². The van der Waals surface area contributed by atoms with Gasteiger partial charge in [-0.15, -0.1) is 0 Å². The minimum Gasteiger partial charge on any atom is -0.505 e. The van der Waals surface area contributed by atoms with Crippen LogP contribution in [0.1, 0.15) is 33.7 Å². The Bertz CT molecular complexity index is 260. The van der Waals surface area contributed by atoms with Crippen molar-refractivity contribution in [3.63, 3.8) is 0 Å². The molecule has 1 N–H and O–H groups in total. The first-order valence-corrected chi connectivity index (χ1v) is 4.14. The normalized spacial score (nSPS) is 14.7. The van der Waals surface area contributed by atoms with Crippen LogP contribution in [-0.2, 0) is 0 Å². The molecule has 0 bridgehead atoms. The van der Waals surface area contributed by atoms with Crippen molar-refractivity contribution in [1.29, 1.82) is 0 Å². The lowest BCUT2D eigenvalue weighted by molar-refractivity contribution is 0.244. The van der Waals surface area contributed by atoms with E-state index in [1.807, 2.05) is 0 Å². The monoisotopic (exact) mass is 168 g/mol. The highest BCUT2D eigenvalue weighted by molar-refractivity contribution is 5.09. The first kappa shape index (κ1) is 9.10. The van der Waals surface area contributed by atoms with Gasteiger partial charge in [0.25, 0.3) is 0 Å². The lowest BCUT2D eigenvalue weighted by atomic mass is 9.88. The topological polar surface area (TPSA) is 38.0 Å². The summed E-state index contributed by atoms with van der Waals surface area (Å²) >= 11 is 0. The van der Waals surface area contributed by atoms with Crippen molar-refractivity contribution in [1.82, 2.24) is 9.78 Å². The molecule has 12 heavy (non-hydrogen) atoms. The molecule has 1 unspecified atom stereocenters. The Labute approximate surface area is 73.0 Å². The lowest BCUT2D eigenvalue weighted by Gasteiger charge is -2.27. The van der Waals surface area contributed by atoms with Gasteiger partial charge in [0, 0.05) is 0 Å². The molecule has 1 aromatic heterocycles. The quantitative estimate of drug-likeness (QED) is 0.698. The fourth-order valence-corrected chi connectivity index (χ4v) is 0.937. The number of rotatable bonds is 1. The molecule has 0 saturated heterocycles. The first-order valence-electron chi connectivity index (χ1n) is 4.14. The van der Waals surface area contributed by atoms with Gasteiger partial charge in [0.15, 0.2) is 5.75 Å². The largest absolute Gasteiger partial charge is 0.505 e. The minimum absolute atomic E-state index is 0.165. The SMILES string of the molecule is CC(n1cc(O)cn1)C(C)(C)C. The molecule has 0 saturated carbocycles. The molecule has 1 aromatic rings. The standard InChI is InChI=1S/C9H16N2O/c1-7(9(2,3)4)11-6-8(12)5-10-11/h5-7,12H,1-4H3. The van der Waals surface area contributed by atoms with E-state index in [1.165, 1.54) is 6.20 Å². The smallest absolute Gasteiger partial charge is 0.153 e. The zero-order valence-electron chi connectivity index (χ0n) is 8.07. The maximum Gasteiger partial charge on any atom is 0.153 e. The molecule has 0 aromatic carbocycles. The van der Waals surface area contributed by atoms with Crippen molar-refractivity contribution >= 4 is 0 Å². The Balaban J connectivity index is 2.85. The van der Waals surface area contributed by atoms with Gasteiger partial charge in [-0.1, -0.05) is 20.8 Å². The maximum atomic E-state index is 9.08. The van der Waals surface area contributed by atoms with Crippen LogP contribution in [0.5, 0.6) is 5.75 Å². The molecule has 0 radical (unpaired) electrons.